The molecule has 0 saturated carbocycles. The lowest BCUT2D eigenvalue weighted by atomic mass is 10.2. The van der Waals surface area contributed by atoms with Crippen LogP contribution in [0.2, 0.25) is 0 Å². The molecule has 1 unspecified atom stereocenters. The summed E-state index contributed by atoms with van der Waals surface area (Å²) < 4.78 is 0. The lowest BCUT2D eigenvalue weighted by molar-refractivity contribution is 0.0700. The van der Waals surface area contributed by atoms with Gasteiger partial charge in [0.2, 0.25) is 0 Å². The van der Waals surface area contributed by atoms with Gasteiger partial charge in [-0.1, -0.05) is 24.7 Å². The second kappa shape index (κ2) is 5.04. The highest BCUT2D eigenvalue weighted by atomic mass is 32.1. The topological polar surface area (TPSA) is 53.4 Å². The summed E-state index contributed by atoms with van der Waals surface area (Å²) in [5, 5.41) is 10.1. The highest BCUT2D eigenvalue weighted by Gasteiger charge is 2.26. The highest BCUT2D eigenvalue weighted by Crippen LogP contribution is 2.32. The first-order valence-electron chi connectivity index (χ1n) is 6.13. The van der Waals surface area contributed by atoms with E-state index >= 15 is 0 Å². The molecule has 2 heterocycles. The Kier molecular flexibility index (Phi) is 3.66. The largest absolute Gasteiger partial charge is 0.477 e. The average Bonchev–Trinajstić information content (AvgIpc) is 2.84. The van der Waals surface area contributed by atoms with Gasteiger partial charge in [0, 0.05) is 12.6 Å². The first-order chi connectivity index (χ1) is 8.13. The van der Waals surface area contributed by atoms with Crippen LogP contribution in [0, 0.1) is 0 Å². The van der Waals surface area contributed by atoms with E-state index in [9.17, 15) is 4.79 Å². The summed E-state index contributed by atoms with van der Waals surface area (Å²) in [6.45, 7) is 5.22. The van der Waals surface area contributed by atoms with Crippen molar-refractivity contribution < 1.29 is 9.90 Å². The molecular formula is C12H18N2O2S. The molecule has 17 heavy (non-hydrogen) atoms. The molecule has 1 aromatic rings. The summed E-state index contributed by atoms with van der Waals surface area (Å²) in [6.07, 6.45) is 4.02. The van der Waals surface area contributed by atoms with Gasteiger partial charge in [-0.25, -0.2) is 9.78 Å². The average molecular weight is 254 g/mol. The zero-order valence-electron chi connectivity index (χ0n) is 10.3. The van der Waals surface area contributed by atoms with Crippen LogP contribution in [0.4, 0.5) is 5.13 Å². The van der Waals surface area contributed by atoms with Gasteiger partial charge in [0.25, 0.3) is 0 Å². The summed E-state index contributed by atoms with van der Waals surface area (Å²) in [6, 6.07) is 0.484. The first-order valence-corrected chi connectivity index (χ1v) is 6.94. The van der Waals surface area contributed by atoms with E-state index in [0.29, 0.717) is 10.9 Å². The number of hydrogen-bond donors (Lipinski definition) is 1. The van der Waals surface area contributed by atoms with Gasteiger partial charge in [0.15, 0.2) is 5.13 Å². The molecule has 0 radical (unpaired) electrons. The predicted octanol–water partition coefficient (Wildman–Crippen LogP) is 2.78. The van der Waals surface area contributed by atoms with Gasteiger partial charge < -0.3 is 10.0 Å². The number of nitrogens with zero attached hydrogens (tertiary/aromatic N) is 2. The molecule has 1 aromatic heterocycles. The Morgan fingerprint density at radius 3 is 2.94 bits per heavy atom. The predicted molar refractivity (Wildman–Crippen MR) is 69.1 cm³/mol. The summed E-state index contributed by atoms with van der Waals surface area (Å²) >= 11 is 1.32. The van der Waals surface area contributed by atoms with Crippen molar-refractivity contribution in [3.05, 3.63) is 10.6 Å². The van der Waals surface area contributed by atoms with Gasteiger partial charge in [-0.05, 0) is 26.2 Å². The number of carbonyl (C=O) groups is 1. The molecule has 1 atom stereocenters. The molecule has 0 spiro atoms. The van der Waals surface area contributed by atoms with Crippen LogP contribution in [0.15, 0.2) is 0 Å². The van der Waals surface area contributed by atoms with Crippen LogP contribution in [0.3, 0.4) is 0 Å². The van der Waals surface area contributed by atoms with E-state index in [1.54, 1.807) is 0 Å². The molecule has 0 aliphatic carbocycles. The summed E-state index contributed by atoms with van der Waals surface area (Å²) in [5.74, 6) is -0.843. The van der Waals surface area contributed by atoms with Gasteiger partial charge in [-0.2, -0.15) is 0 Å². The van der Waals surface area contributed by atoms with Crippen LogP contribution >= 0.6 is 11.3 Å². The van der Waals surface area contributed by atoms with Crippen molar-refractivity contribution in [3.8, 4) is 0 Å². The molecule has 1 saturated heterocycles. The fraction of sp³-hybridized carbons (Fsp3) is 0.667. The van der Waals surface area contributed by atoms with Crippen LogP contribution < -0.4 is 4.90 Å². The van der Waals surface area contributed by atoms with Gasteiger partial charge in [0.05, 0.1) is 5.69 Å². The molecule has 4 nitrogen and oxygen atoms in total. The molecule has 5 heteroatoms. The highest BCUT2D eigenvalue weighted by molar-refractivity contribution is 7.17. The Morgan fingerprint density at radius 1 is 1.65 bits per heavy atom. The van der Waals surface area contributed by atoms with E-state index in [1.807, 2.05) is 6.92 Å². The van der Waals surface area contributed by atoms with E-state index in [4.69, 9.17) is 5.11 Å². The standard InChI is InChI=1S/C12H18N2O2S/c1-3-5-9-10(11(15)16)17-12(13-9)14-7-4-6-8(14)2/h8H,3-7H2,1-2H3,(H,15,16). The summed E-state index contributed by atoms with van der Waals surface area (Å²) in [4.78, 5) is 18.3. The van der Waals surface area contributed by atoms with E-state index in [1.165, 1.54) is 24.2 Å². The fourth-order valence-electron chi connectivity index (χ4n) is 2.25. The minimum absolute atomic E-state index is 0.418. The molecule has 0 aromatic carbocycles. The summed E-state index contributed by atoms with van der Waals surface area (Å²) in [7, 11) is 0. The van der Waals surface area contributed by atoms with Crippen molar-refractivity contribution in [2.45, 2.75) is 45.6 Å². The molecule has 1 fully saturated rings. The third-order valence-electron chi connectivity index (χ3n) is 3.17. The number of aromatic carboxylic acids is 1. The number of rotatable bonds is 4. The number of aryl methyl sites for hydroxylation is 1. The Hall–Kier alpha value is -1.10. The summed E-state index contributed by atoms with van der Waals surface area (Å²) in [5.41, 5.74) is 0.749. The van der Waals surface area contributed by atoms with E-state index in [0.717, 1.165) is 30.2 Å². The quantitative estimate of drug-likeness (QED) is 0.897. The molecule has 1 N–H and O–H groups in total. The number of carboxylic acid groups (broad SMARTS) is 1. The van der Waals surface area contributed by atoms with Crippen molar-refractivity contribution in [2.24, 2.45) is 0 Å². The van der Waals surface area contributed by atoms with E-state index in [-0.39, 0.29) is 0 Å². The number of thiazole rings is 1. The van der Waals surface area contributed by atoms with Crippen LogP contribution in [-0.2, 0) is 6.42 Å². The lowest BCUT2D eigenvalue weighted by Crippen LogP contribution is -2.25. The molecule has 94 valence electrons. The van der Waals surface area contributed by atoms with Crippen molar-refractivity contribution in [2.75, 3.05) is 11.4 Å². The second-order valence-corrected chi connectivity index (χ2v) is 5.49. The fourth-order valence-corrected chi connectivity index (χ4v) is 3.33. The SMILES string of the molecule is CCCc1nc(N2CCCC2C)sc1C(=O)O. The maximum Gasteiger partial charge on any atom is 0.347 e. The second-order valence-electron chi connectivity index (χ2n) is 4.51. The monoisotopic (exact) mass is 254 g/mol. The van der Waals surface area contributed by atoms with Gasteiger partial charge >= 0.3 is 5.97 Å². The number of hydrogen-bond acceptors (Lipinski definition) is 4. The van der Waals surface area contributed by atoms with Gasteiger partial charge in [-0.15, -0.1) is 0 Å². The lowest BCUT2D eigenvalue weighted by Gasteiger charge is -2.19. The molecule has 0 amide bonds. The molecular weight excluding hydrogens is 236 g/mol. The van der Waals surface area contributed by atoms with Gasteiger partial charge in [-0.3, -0.25) is 0 Å². The number of carboxylic acids is 1. The van der Waals surface area contributed by atoms with Crippen LogP contribution in [0.25, 0.3) is 0 Å². The Bertz CT molecular complexity index is 417. The normalized spacial score (nSPS) is 19.9. The van der Waals surface area contributed by atoms with Crippen molar-refractivity contribution >= 4 is 22.4 Å². The Morgan fingerprint density at radius 2 is 2.41 bits per heavy atom. The minimum Gasteiger partial charge on any atom is -0.477 e. The van der Waals surface area contributed by atoms with Gasteiger partial charge in [0.1, 0.15) is 4.88 Å². The van der Waals surface area contributed by atoms with Crippen LogP contribution in [0.5, 0.6) is 0 Å². The van der Waals surface area contributed by atoms with E-state index in [2.05, 4.69) is 16.8 Å². The Labute approximate surface area is 105 Å². The van der Waals surface area contributed by atoms with Crippen molar-refractivity contribution in [1.82, 2.24) is 4.98 Å². The third-order valence-corrected chi connectivity index (χ3v) is 4.29. The molecule has 0 bridgehead atoms. The maximum atomic E-state index is 11.2. The smallest absolute Gasteiger partial charge is 0.347 e. The zero-order chi connectivity index (χ0) is 12.4. The molecule has 1 aliphatic heterocycles. The van der Waals surface area contributed by atoms with Crippen molar-refractivity contribution in [1.29, 1.82) is 0 Å². The molecule has 2 rings (SSSR count). The maximum absolute atomic E-state index is 11.2. The number of anilines is 1. The minimum atomic E-state index is -0.843. The van der Waals surface area contributed by atoms with Crippen molar-refractivity contribution in [3.63, 3.8) is 0 Å². The number of aromatic nitrogens is 1. The zero-order valence-corrected chi connectivity index (χ0v) is 11.1. The Balaban J connectivity index is 2.29. The van der Waals surface area contributed by atoms with E-state index < -0.39 is 5.97 Å². The van der Waals surface area contributed by atoms with Crippen LogP contribution in [-0.4, -0.2) is 28.6 Å². The van der Waals surface area contributed by atoms with Crippen LogP contribution in [0.1, 0.15) is 48.5 Å². The third kappa shape index (κ3) is 2.44. The molecule has 1 aliphatic rings. The first kappa shape index (κ1) is 12.4.